The molecule has 0 spiro atoms. The SMILES string of the molecule is COC(C)CNC(=O)NCCc1nc(C(=O)O)cs1. The third-order valence-corrected chi connectivity index (χ3v) is 3.26. The summed E-state index contributed by atoms with van der Waals surface area (Å²) in [6.07, 6.45) is 0.466. The van der Waals surface area contributed by atoms with Crippen molar-refractivity contribution < 1.29 is 19.4 Å². The van der Waals surface area contributed by atoms with Gasteiger partial charge in [-0.2, -0.15) is 0 Å². The maximum Gasteiger partial charge on any atom is 0.355 e. The van der Waals surface area contributed by atoms with Crippen LogP contribution in [0.1, 0.15) is 22.4 Å². The zero-order valence-corrected chi connectivity index (χ0v) is 11.6. The van der Waals surface area contributed by atoms with E-state index in [0.717, 1.165) is 0 Å². The van der Waals surface area contributed by atoms with Crippen LogP contribution in [-0.2, 0) is 11.2 Å². The lowest BCUT2D eigenvalue weighted by molar-refractivity contribution is 0.0691. The van der Waals surface area contributed by atoms with E-state index in [1.54, 1.807) is 7.11 Å². The fraction of sp³-hybridized carbons (Fsp3) is 0.545. The highest BCUT2D eigenvalue weighted by Crippen LogP contribution is 2.09. The highest BCUT2D eigenvalue weighted by molar-refractivity contribution is 7.09. The van der Waals surface area contributed by atoms with Gasteiger partial charge in [-0.1, -0.05) is 0 Å². The molecule has 1 aromatic rings. The Hall–Kier alpha value is -1.67. The summed E-state index contributed by atoms with van der Waals surface area (Å²) in [6, 6.07) is -0.279. The number of carboxylic acid groups (broad SMARTS) is 1. The number of amides is 2. The fourth-order valence-electron chi connectivity index (χ4n) is 1.19. The van der Waals surface area contributed by atoms with Crippen LogP contribution in [0.15, 0.2) is 5.38 Å². The molecule has 1 heterocycles. The molecule has 7 nitrogen and oxygen atoms in total. The molecular formula is C11H17N3O4S. The molecular weight excluding hydrogens is 270 g/mol. The maximum atomic E-state index is 11.4. The smallest absolute Gasteiger partial charge is 0.355 e. The van der Waals surface area contributed by atoms with Gasteiger partial charge in [0.15, 0.2) is 5.69 Å². The van der Waals surface area contributed by atoms with Crippen molar-refractivity contribution in [1.29, 1.82) is 0 Å². The van der Waals surface area contributed by atoms with Crippen LogP contribution in [0.3, 0.4) is 0 Å². The van der Waals surface area contributed by atoms with Gasteiger partial charge in [-0.3, -0.25) is 0 Å². The number of carbonyl (C=O) groups is 2. The first-order valence-electron chi connectivity index (χ1n) is 5.75. The van der Waals surface area contributed by atoms with Crippen molar-refractivity contribution in [1.82, 2.24) is 15.6 Å². The van der Waals surface area contributed by atoms with Gasteiger partial charge in [0, 0.05) is 32.0 Å². The number of carboxylic acids is 1. The monoisotopic (exact) mass is 287 g/mol. The molecule has 19 heavy (non-hydrogen) atoms. The summed E-state index contributed by atoms with van der Waals surface area (Å²) in [6.45, 7) is 2.69. The van der Waals surface area contributed by atoms with Gasteiger partial charge in [-0.15, -0.1) is 11.3 Å². The number of nitrogens with one attached hydrogen (secondary N) is 2. The topological polar surface area (TPSA) is 101 Å². The number of thiazole rings is 1. The Labute approximate surface area is 115 Å². The van der Waals surface area contributed by atoms with E-state index < -0.39 is 5.97 Å². The van der Waals surface area contributed by atoms with E-state index in [1.807, 2.05) is 6.92 Å². The summed E-state index contributed by atoms with van der Waals surface area (Å²) in [4.78, 5) is 25.9. The molecule has 0 radical (unpaired) electrons. The van der Waals surface area contributed by atoms with Crippen LogP contribution in [0, 0.1) is 0 Å². The molecule has 0 aromatic carbocycles. The summed E-state index contributed by atoms with van der Waals surface area (Å²) in [5.74, 6) is -1.04. The molecule has 106 valence electrons. The zero-order chi connectivity index (χ0) is 14.3. The Kier molecular flexibility index (Phi) is 6.23. The van der Waals surface area contributed by atoms with E-state index >= 15 is 0 Å². The third kappa shape index (κ3) is 5.66. The summed E-state index contributed by atoms with van der Waals surface area (Å²) >= 11 is 1.27. The van der Waals surface area contributed by atoms with Gasteiger partial charge >= 0.3 is 12.0 Å². The van der Waals surface area contributed by atoms with Crippen LogP contribution in [-0.4, -0.2) is 48.4 Å². The number of aromatic carboxylic acids is 1. The predicted octanol–water partition coefficient (Wildman–Crippen LogP) is 0.718. The molecule has 1 atom stereocenters. The number of nitrogens with zero attached hydrogens (tertiary/aromatic N) is 1. The summed E-state index contributed by atoms with van der Waals surface area (Å²) in [7, 11) is 1.58. The Morgan fingerprint density at radius 1 is 1.53 bits per heavy atom. The highest BCUT2D eigenvalue weighted by atomic mass is 32.1. The highest BCUT2D eigenvalue weighted by Gasteiger charge is 2.09. The number of urea groups is 1. The molecule has 0 aliphatic heterocycles. The Morgan fingerprint density at radius 3 is 2.84 bits per heavy atom. The van der Waals surface area contributed by atoms with Gasteiger partial charge in [0.2, 0.25) is 0 Å². The van der Waals surface area contributed by atoms with Gasteiger partial charge in [-0.05, 0) is 6.92 Å². The molecule has 1 rings (SSSR count). The van der Waals surface area contributed by atoms with Crippen molar-refractivity contribution in [2.45, 2.75) is 19.4 Å². The predicted molar refractivity (Wildman–Crippen MR) is 70.6 cm³/mol. The average Bonchev–Trinajstić information content (AvgIpc) is 2.85. The standard InChI is InChI=1S/C11H17N3O4S/c1-7(18-2)5-13-11(17)12-4-3-9-14-8(6-19-9)10(15)16/h6-7H,3-5H2,1-2H3,(H,15,16)(H2,12,13,17). The second-order valence-corrected chi connectivity index (χ2v) is 4.81. The minimum Gasteiger partial charge on any atom is -0.476 e. The molecule has 0 aliphatic carbocycles. The van der Waals surface area contributed by atoms with Crippen LogP contribution >= 0.6 is 11.3 Å². The van der Waals surface area contributed by atoms with Crippen LogP contribution in [0.5, 0.6) is 0 Å². The lowest BCUT2D eigenvalue weighted by atomic mass is 10.4. The quantitative estimate of drug-likeness (QED) is 0.686. The van der Waals surface area contributed by atoms with Crippen molar-refractivity contribution >= 4 is 23.3 Å². The molecule has 0 saturated heterocycles. The molecule has 0 saturated carbocycles. The van der Waals surface area contributed by atoms with E-state index in [2.05, 4.69) is 15.6 Å². The molecule has 0 bridgehead atoms. The number of methoxy groups -OCH3 is 1. The van der Waals surface area contributed by atoms with E-state index in [9.17, 15) is 9.59 Å². The Morgan fingerprint density at radius 2 is 2.26 bits per heavy atom. The second kappa shape index (κ2) is 7.70. The summed E-state index contributed by atoms with van der Waals surface area (Å²) in [5.41, 5.74) is 0.0402. The Bertz CT molecular complexity index is 435. The number of aromatic nitrogens is 1. The van der Waals surface area contributed by atoms with Crippen LogP contribution in [0.4, 0.5) is 4.79 Å². The van der Waals surface area contributed by atoms with E-state index in [4.69, 9.17) is 9.84 Å². The van der Waals surface area contributed by atoms with Crippen molar-refractivity contribution in [3.8, 4) is 0 Å². The van der Waals surface area contributed by atoms with Crippen molar-refractivity contribution in [2.75, 3.05) is 20.2 Å². The van der Waals surface area contributed by atoms with Crippen molar-refractivity contribution in [3.05, 3.63) is 16.1 Å². The second-order valence-electron chi connectivity index (χ2n) is 3.86. The molecule has 3 N–H and O–H groups in total. The number of hydrogen-bond acceptors (Lipinski definition) is 5. The zero-order valence-electron chi connectivity index (χ0n) is 10.8. The Balaban J connectivity index is 2.22. The molecule has 1 unspecified atom stereocenters. The van der Waals surface area contributed by atoms with Crippen LogP contribution in [0.2, 0.25) is 0 Å². The third-order valence-electron chi connectivity index (χ3n) is 2.35. The lowest BCUT2D eigenvalue weighted by Gasteiger charge is -2.11. The van der Waals surface area contributed by atoms with Gasteiger partial charge in [0.05, 0.1) is 11.1 Å². The fourth-order valence-corrected chi connectivity index (χ4v) is 1.96. The average molecular weight is 287 g/mol. The molecule has 0 aliphatic rings. The minimum atomic E-state index is -1.04. The van der Waals surface area contributed by atoms with Crippen molar-refractivity contribution in [3.63, 3.8) is 0 Å². The first-order chi connectivity index (χ1) is 9.02. The molecule has 0 fully saturated rings. The van der Waals surface area contributed by atoms with Gasteiger partial charge in [-0.25, -0.2) is 14.6 Å². The van der Waals surface area contributed by atoms with Gasteiger partial charge < -0.3 is 20.5 Å². The first kappa shape index (κ1) is 15.4. The maximum absolute atomic E-state index is 11.4. The van der Waals surface area contributed by atoms with Crippen LogP contribution < -0.4 is 10.6 Å². The largest absolute Gasteiger partial charge is 0.476 e. The number of hydrogen-bond donors (Lipinski definition) is 3. The van der Waals surface area contributed by atoms with Crippen molar-refractivity contribution in [2.24, 2.45) is 0 Å². The van der Waals surface area contributed by atoms with Gasteiger partial charge in [0.25, 0.3) is 0 Å². The van der Waals surface area contributed by atoms with Crippen LogP contribution in [0.25, 0.3) is 0 Å². The minimum absolute atomic E-state index is 0.0390. The number of carbonyl (C=O) groups excluding carboxylic acids is 1. The summed E-state index contributed by atoms with van der Waals surface area (Å²) < 4.78 is 4.99. The lowest BCUT2D eigenvalue weighted by Crippen LogP contribution is -2.40. The normalized spacial score (nSPS) is 11.9. The van der Waals surface area contributed by atoms with Gasteiger partial charge in [0.1, 0.15) is 0 Å². The van der Waals surface area contributed by atoms with E-state index in [-0.39, 0.29) is 17.8 Å². The number of ether oxygens (including phenoxy) is 1. The number of rotatable bonds is 7. The molecule has 2 amide bonds. The molecule has 1 aromatic heterocycles. The molecule has 8 heteroatoms. The first-order valence-corrected chi connectivity index (χ1v) is 6.63. The van der Waals surface area contributed by atoms with E-state index in [0.29, 0.717) is 24.5 Å². The summed E-state index contributed by atoms with van der Waals surface area (Å²) in [5, 5.41) is 16.2. The van der Waals surface area contributed by atoms with E-state index in [1.165, 1.54) is 16.7 Å².